The minimum Gasteiger partial charge on any atom is -0.381 e. The van der Waals surface area contributed by atoms with E-state index in [0.29, 0.717) is 58.2 Å². The molecule has 1 aromatic carbocycles. The molecule has 10 nitrogen and oxygen atoms in total. The standard InChI is InChI=1S/C33H36FN9O/c1-19-24(6-7-28(34)38-19)31(26-17-43(42-41-26)33(9-10-33)22-4-5-22)39-23-12-20(14-35)29-25(13-23)30(21(15-36)16-37-29)40-27-8-11-44-18-32(27,2)3/h6-7,12-13,16-17,22,27,31,39,41-42H,4-5,8-11,18H2,1-3H3,(H,37,40)/t27?,31-/m0/s1. The van der Waals surface area contributed by atoms with Gasteiger partial charge in [-0.2, -0.15) is 14.9 Å². The average molecular weight is 594 g/mol. The van der Waals surface area contributed by atoms with Crippen molar-refractivity contribution in [2.45, 2.75) is 70.5 Å². The molecule has 44 heavy (non-hydrogen) atoms. The van der Waals surface area contributed by atoms with Crippen LogP contribution in [0.1, 0.15) is 74.4 Å². The maximum Gasteiger partial charge on any atom is 0.213 e. The molecule has 0 radical (unpaired) electrons. The molecule has 4 N–H and O–H groups in total. The highest BCUT2D eigenvalue weighted by Crippen LogP contribution is 2.57. The minimum absolute atomic E-state index is 0.0582. The number of rotatable bonds is 8. The lowest BCUT2D eigenvalue weighted by Gasteiger charge is -2.39. The number of nitrogens with zero attached hydrogens (tertiary/aromatic N) is 5. The van der Waals surface area contributed by atoms with E-state index in [1.54, 1.807) is 19.1 Å². The first-order chi connectivity index (χ1) is 21.2. The molecule has 0 bridgehead atoms. The lowest BCUT2D eigenvalue weighted by molar-refractivity contribution is 0.00350. The Kier molecular flexibility index (Phi) is 6.84. The van der Waals surface area contributed by atoms with Gasteiger partial charge in [0.25, 0.3) is 0 Å². The second-order valence-electron chi connectivity index (χ2n) is 13.2. The zero-order chi connectivity index (χ0) is 30.6. The number of nitrogens with one attached hydrogen (secondary N) is 4. The van der Waals surface area contributed by atoms with Crippen LogP contribution in [0.15, 0.2) is 42.4 Å². The molecule has 2 atom stereocenters. The predicted molar refractivity (Wildman–Crippen MR) is 164 cm³/mol. The van der Waals surface area contributed by atoms with Gasteiger partial charge in [-0.25, -0.2) is 4.98 Å². The van der Waals surface area contributed by atoms with Gasteiger partial charge in [0.1, 0.15) is 12.1 Å². The molecule has 4 heterocycles. The first-order valence-corrected chi connectivity index (χ1v) is 15.3. The number of pyridine rings is 2. The molecule has 2 aromatic heterocycles. The quantitative estimate of drug-likeness (QED) is 0.255. The lowest BCUT2D eigenvalue weighted by atomic mass is 9.81. The van der Waals surface area contributed by atoms with Gasteiger partial charge in [-0.15, -0.1) is 5.53 Å². The van der Waals surface area contributed by atoms with Gasteiger partial charge in [-0.05, 0) is 63.1 Å². The number of aromatic nitrogens is 2. The van der Waals surface area contributed by atoms with Crippen LogP contribution in [0.5, 0.6) is 0 Å². The zero-order valence-corrected chi connectivity index (χ0v) is 25.2. The van der Waals surface area contributed by atoms with Crippen molar-refractivity contribution in [1.29, 1.82) is 10.5 Å². The molecule has 0 spiro atoms. The molecule has 4 aliphatic rings. The zero-order valence-electron chi connectivity index (χ0n) is 25.2. The molecule has 2 aliphatic heterocycles. The van der Waals surface area contributed by atoms with Crippen molar-refractivity contribution >= 4 is 22.3 Å². The normalized spacial score (nSPS) is 22.4. The predicted octanol–water partition coefficient (Wildman–Crippen LogP) is 5.31. The summed E-state index contributed by atoms with van der Waals surface area (Å²) in [6.07, 6.45) is 9.21. The molecule has 2 aliphatic carbocycles. The van der Waals surface area contributed by atoms with Crippen LogP contribution < -0.4 is 21.6 Å². The van der Waals surface area contributed by atoms with E-state index in [2.05, 4.69) is 68.8 Å². The van der Waals surface area contributed by atoms with E-state index in [0.717, 1.165) is 30.5 Å². The Morgan fingerprint density at radius 1 is 1.14 bits per heavy atom. The van der Waals surface area contributed by atoms with Crippen LogP contribution in [0, 0.1) is 46.9 Å². The highest BCUT2D eigenvalue weighted by Gasteiger charge is 2.58. The number of ether oxygens (including phenoxy) is 1. The fraction of sp³-hybridized carbons (Fsp3) is 0.455. The van der Waals surface area contributed by atoms with Crippen molar-refractivity contribution in [3.05, 3.63) is 70.7 Å². The number of anilines is 2. The fourth-order valence-corrected chi connectivity index (χ4v) is 6.83. The van der Waals surface area contributed by atoms with E-state index in [1.807, 2.05) is 6.07 Å². The van der Waals surface area contributed by atoms with Crippen LogP contribution in [0.25, 0.3) is 10.9 Å². The summed E-state index contributed by atoms with van der Waals surface area (Å²) < 4.78 is 19.8. The molecular weight excluding hydrogens is 557 g/mol. The minimum atomic E-state index is -0.539. The van der Waals surface area contributed by atoms with Crippen LogP contribution in [-0.2, 0) is 4.74 Å². The molecular formula is C33H36FN9O. The van der Waals surface area contributed by atoms with Crippen molar-refractivity contribution in [3.8, 4) is 12.1 Å². The monoisotopic (exact) mass is 593 g/mol. The van der Waals surface area contributed by atoms with E-state index >= 15 is 0 Å². The number of halogens is 1. The third-order valence-corrected chi connectivity index (χ3v) is 9.69. The summed E-state index contributed by atoms with van der Waals surface area (Å²) in [6, 6.07) is 11.0. The van der Waals surface area contributed by atoms with E-state index < -0.39 is 12.0 Å². The Morgan fingerprint density at radius 2 is 1.93 bits per heavy atom. The first-order valence-electron chi connectivity index (χ1n) is 15.3. The van der Waals surface area contributed by atoms with Crippen LogP contribution in [-0.4, -0.2) is 39.8 Å². The summed E-state index contributed by atoms with van der Waals surface area (Å²) in [4.78, 5) is 8.64. The van der Waals surface area contributed by atoms with Crippen molar-refractivity contribution in [1.82, 2.24) is 25.9 Å². The Bertz CT molecular complexity index is 1750. The number of nitriles is 2. The van der Waals surface area contributed by atoms with Gasteiger partial charge >= 0.3 is 0 Å². The third-order valence-electron chi connectivity index (χ3n) is 9.69. The van der Waals surface area contributed by atoms with Gasteiger partial charge < -0.3 is 20.8 Å². The average Bonchev–Trinajstić information content (AvgIpc) is 3.94. The molecule has 11 heteroatoms. The number of hydrogen-bond acceptors (Lipinski definition) is 10. The maximum atomic E-state index is 14.1. The molecule has 3 fully saturated rings. The third kappa shape index (κ3) is 4.96. The van der Waals surface area contributed by atoms with Gasteiger partial charge in [-0.1, -0.05) is 19.9 Å². The van der Waals surface area contributed by atoms with Crippen LogP contribution in [0.4, 0.5) is 15.8 Å². The summed E-state index contributed by atoms with van der Waals surface area (Å²) >= 11 is 0. The van der Waals surface area contributed by atoms with Crippen molar-refractivity contribution in [3.63, 3.8) is 0 Å². The SMILES string of the molecule is Cc1nc(F)ccc1[C@H](Nc1cc(C#N)c2ncc(C#N)c(NC3CCOCC3(C)C)c2c1)C1=CN(C2(C3CC3)CC2)NN1. The van der Waals surface area contributed by atoms with Gasteiger partial charge in [0.15, 0.2) is 0 Å². The first kappa shape index (κ1) is 28.3. The number of fused-ring (bicyclic) bond motifs is 1. The second-order valence-corrected chi connectivity index (χ2v) is 13.2. The summed E-state index contributed by atoms with van der Waals surface area (Å²) in [5, 5.41) is 30.4. The van der Waals surface area contributed by atoms with Crippen molar-refractivity contribution < 1.29 is 9.13 Å². The van der Waals surface area contributed by atoms with E-state index in [-0.39, 0.29) is 17.0 Å². The number of hydrogen-bond donors (Lipinski definition) is 4. The highest BCUT2D eigenvalue weighted by molar-refractivity contribution is 5.99. The Labute approximate surface area is 256 Å². The number of benzene rings is 1. The van der Waals surface area contributed by atoms with Crippen molar-refractivity contribution in [2.24, 2.45) is 11.3 Å². The van der Waals surface area contributed by atoms with Crippen LogP contribution in [0.2, 0.25) is 0 Å². The summed E-state index contributed by atoms with van der Waals surface area (Å²) in [6.45, 7) is 7.32. The smallest absolute Gasteiger partial charge is 0.213 e. The fourth-order valence-electron chi connectivity index (χ4n) is 6.83. The molecule has 3 aromatic rings. The lowest BCUT2D eigenvalue weighted by Crippen LogP contribution is -2.46. The van der Waals surface area contributed by atoms with Crippen LogP contribution in [0.3, 0.4) is 0 Å². The van der Waals surface area contributed by atoms with Gasteiger partial charge in [0, 0.05) is 52.8 Å². The van der Waals surface area contributed by atoms with Gasteiger partial charge in [-0.3, -0.25) is 9.99 Å². The van der Waals surface area contributed by atoms with Crippen molar-refractivity contribution in [2.75, 3.05) is 23.8 Å². The number of hydrazine groups is 2. The molecule has 226 valence electrons. The second kappa shape index (κ2) is 10.6. The summed E-state index contributed by atoms with van der Waals surface area (Å²) in [5.74, 6) is 0.156. The highest BCUT2D eigenvalue weighted by atomic mass is 19.1. The Morgan fingerprint density at radius 3 is 2.61 bits per heavy atom. The van der Waals surface area contributed by atoms with Gasteiger partial charge in [0.2, 0.25) is 5.95 Å². The van der Waals surface area contributed by atoms with Gasteiger partial charge in [0.05, 0.1) is 46.2 Å². The summed E-state index contributed by atoms with van der Waals surface area (Å²) in [7, 11) is 0. The van der Waals surface area contributed by atoms with E-state index in [4.69, 9.17) is 4.74 Å². The Balaban J connectivity index is 1.31. The topological polar surface area (TPSA) is 134 Å². The Hall–Kier alpha value is -4.45. The van der Waals surface area contributed by atoms with Crippen LogP contribution >= 0.6 is 0 Å². The van der Waals surface area contributed by atoms with E-state index in [1.165, 1.54) is 25.1 Å². The summed E-state index contributed by atoms with van der Waals surface area (Å²) in [5.41, 5.74) is 11.6. The molecule has 1 saturated heterocycles. The largest absolute Gasteiger partial charge is 0.381 e. The van der Waals surface area contributed by atoms with E-state index in [9.17, 15) is 14.9 Å². The molecule has 2 saturated carbocycles. The molecule has 1 unspecified atom stereocenters. The maximum absolute atomic E-state index is 14.1. The molecule has 0 amide bonds. The number of aryl methyl sites for hydroxylation is 1. The molecule has 7 rings (SSSR count).